The smallest absolute Gasteiger partial charge is 0.238 e. The minimum atomic E-state index is 0.0269. The number of aryl methyl sites for hydroxylation is 2. The van der Waals surface area contributed by atoms with Gasteiger partial charge in [-0.15, -0.1) is 0 Å². The minimum absolute atomic E-state index is 0.0269. The third kappa shape index (κ3) is 6.05. The number of piperazine rings is 1. The molecule has 30 heavy (non-hydrogen) atoms. The van der Waals surface area contributed by atoms with Crippen molar-refractivity contribution in [3.05, 3.63) is 29.3 Å². The van der Waals surface area contributed by atoms with Crippen molar-refractivity contribution in [2.45, 2.75) is 53.0 Å². The Labute approximate surface area is 181 Å². The Kier molecular flexibility index (Phi) is 7.89. The molecular weight excluding hydrogens is 376 g/mol. The molecule has 1 aliphatic heterocycles. The Morgan fingerprint density at radius 3 is 2.10 bits per heavy atom. The molecule has 166 valence electrons. The van der Waals surface area contributed by atoms with E-state index in [9.17, 15) is 9.59 Å². The number of para-hydroxylation sites is 1. The number of benzene rings is 1. The number of carbonyl (C=O) groups is 2. The number of amides is 2. The summed E-state index contributed by atoms with van der Waals surface area (Å²) in [4.78, 5) is 29.4. The highest BCUT2D eigenvalue weighted by Crippen LogP contribution is 2.29. The third-order valence-corrected chi connectivity index (χ3v) is 7.00. The van der Waals surface area contributed by atoms with Crippen LogP contribution in [0.2, 0.25) is 0 Å². The first kappa shape index (κ1) is 22.8. The maximum Gasteiger partial charge on any atom is 0.238 e. The SMILES string of the molecule is Cc1cccc(C)c1NC(=O)CN1CCN(CC(=O)N[C@@H]2CCC[C@@H](C)[C@H]2C)CC1. The molecule has 1 saturated heterocycles. The molecule has 6 nitrogen and oxygen atoms in total. The van der Waals surface area contributed by atoms with E-state index in [1.807, 2.05) is 32.0 Å². The first-order valence-electron chi connectivity index (χ1n) is 11.4. The van der Waals surface area contributed by atoms with E-state index in [1.165, 1.54) is 12.8 Å². The molecule has 0 radical (unpaired) electrons. The summed E-state index contributed by atoms with van der Waals surface area (Å²) in [5.74, 6) is 1.40. The molecule has 0 unspecified atom stereocenters. The van der Waals surface area contributed by atoms with Gasteiger partial charge in [-0.05, 0) is 43.2 Å². The van der Waals surface area contributed by atoms with Crippen molar-refractivity contribution in [1.82, 2.24) is 15.1 Å². The summed E-state index contributed by atoms with van der Waals surface area (Å²) in [6.45, 7) is 12.7. The van der Waals surface area contributed by atoms with Gasteiger partial charge in [0.25, 0.3) is 0 Å². The van der Waals surface area contributed by atoms with Crippen LogP contribution in [0.1, 0.15) is 44.2 Å². The van der Waals surface area contributed by atoms with Gasteiger partial charge in [-0.2, -0.15) is 0 Å². The fourth-order valence-corrected chi connectivity index (χ4v) is 4.74. The minimum Gasteiger partial charge on any atom is -0.352 e. The van der Waals surface area contributed by atoms with Gasteiger partial charge in [-0.1, -0.05) is 44.9 Å². The molecule has 1 aromatic carbocycles. The molecule has 2 N–H and O–H groups in total. The topological polar surface area (TPSA) is 64.7 Å². The van der Waals surface area contributed by atoms with Crippen LogP contribution in [0, 0.1) is 25.7 Å². The molecule has 0 aromatic heterocycles. The van der Waals surface area contributed by atoms with Crippen molar-refractivity contribution >= 4 is 17.5 Å². The van der Waals surface area contributed by atoms with Crippen molar-refractivity contribution in [1.29, 1.82) is 0 Å². The van der Waals surface area contributed by atoms with Crippen LogP contribution >= 0.6 is 0 Å². The molecule has 1 aliphatic carbocycles. The standard InChI is InChI=1S/C24H38N4O2/c1-17-7-6-10-21(20(17)4)25-22(29)15-27-11-13-28(14-12-27)16-23(30)26-24-18(2)8-5-9-19(24)3/h5,8-9,17,20-21H,6-7,10-16H2,1-4H3,(H,25,29)(H,26,30)/t17-,20-,21-/m1/s1. The molecule has 3 atom stereocenters. The summed E-state index contributed by atoms with van der Waals surface area (Å²) in [5.41, 5.74) is 3.09. The lowest BCUT2D eigenvalue weighted by Crippen LogP contribution is -2.52. The van der Waals surface area contributed by atoms with Crippen LogP contribution in [0.25, 0.3) is 0 Å². The second kappa shape index (κ2) is 10.4. The molecule has 2 amide bonds. The zero-order valence-corrected chi connectivity index (χ0v) is 19.0. The lowest BCUT2D eigenvalue weighted by Gasteiger charge is -2.36. The molecule has 1 aromatic rings. The van der Waals surface area contributed by atoms with Gasteiger partial charge in [-0.25, -0.2) is 0 Å². The summed E-state index contributed by atoms with van der Waals surface area (Å²) in [6.07, 6.45) is 3.58. The maximum atomic E-state index is 12.5. The van der Waals surface area contributed by atoms with Gasteiger partial charge in [0.2, 0.25) is 11.8 Å². The van der Waals surface area contributed by atoms with Gasteiger partial charge >= 0.3 is 0 Å². The summed E-state index contributed by atoms with van der Waals surface area (Å²) in [7, 11) is 0. The molecular formula is C24H38N4O2. The lowest BCUT2D eigenvalue weighted by molar-refractivity contribution is -0.124. The number of nitrogens with zero attached hydrogens (tertiary/aromatic N) is 2. The van der Waals surface area contributed by atoms with E-state index in [1.54, 1.807) is 0 Å². The highest BCUT2D eigenvalue weighted by molar-refractivity contribution is 5.93. The van der Waals surface area contributed by atoms with Crippen LogP contribution in [-0.4, -0.2) is 66.9 Å². The number of rotatable bonds is 6. The zero-order chi connectivity index (χ0) is 21.7. The van der Waals surface area contributed by atoms with Crippen LogP contribution in [0.5, 0.6) is 0 Å². The van der Waals surface area contributed by atoms with Gasteiger partial charge in [0.1, 0.15) is 0 Å². The van der Waals surface area contributed by atoms with Gasteiger partial charge in [0.05, 0.1) is 13.1 Å². The molecule has 6 heteroatoms. The summed E-state index contributed by atoms with van der Waals surface area (Å²) >= 11 is 0. The summed E-state index contributed by atoms with van der Waals surface area (Å²) in [6, 6.07) is 6.35. The van der Waals surface area contributed by atoms with E-state index in [0.717, 1.165) is 49.4 Å². The fourth-order valence-electron chi connectivity index (χ4n) is 4.74. The molecule has 0 spiro atoms. The van der Waals surface area contributed by atoms with E-state index >= 15 is 0 Å². The third-order valence-electron chi connectivity index (χ3n) is 7.00. The Hall–Kier alpha value is -1.92. The lowest BCUT2D eigenvalue weighted by atomic mass is 9.78. The number of hydrogen-bond donors (Lipinski definition) is 2. The predicted molar refractivity (Wildman–Crippen MR) is 122 cm³/mol. The van der Waals surface area contributed by atoms with Gasteiger partial charge in [0.15, 0.2) is 0 Å². The first-order chi connectivity index (χ1) is 14.3. The van der Waals surface area contributed by atoms with Crippen molar-refractivity contribution in [2.75, 3.05) is 44.6 Å². The van der Waals surface area contributed by atoms with Crippen LogP contribution in [0.15, 0.2) is 18.2 Å². The molecule has 1 heterocycles. The fraction of sp³-hybridized carbons (Fsp3) is 0.667. The highest BCUT2D eigenvalue weighted by atomic mass is 16.2. The van der Waals surface area contributed by atoms with Crippen molar-refractivity contribution < 1.29 is 9.59 Å². The summed E-state index contributed by atoms with van der Waals surface area (Å²) in [5, 5.41) is 6.33. The second-order valence-corrected chi connectivity index (χ2v) is 9.31. The molecule has 2 fully saturated rings. The Balaban J connectivity index is 1.39. The quantitative estimate of drug-likeness (QED) is 0.751. The Morgan fingerprint density at radius 1 is 0.933 bits per heavy atom. The van der Waals surface area contributed by atoms with Crippen LogP contribution in [0.3, 0.4) is 0 Å². The van der Waals surface area contributed by atoms with Gasteiger partial charge in [-0.3, -0.25) is 19.4 Å². The predicted octanol–water partition coefficient (Wildman–Crippen LogP) is 2.80. The number of hydrogen-bond acceptors (Lipinski definition) is 4. The van der Waals surface area contributed by atoms with Crippen LogP contribution in [0.4, 0.5) is 5.69 Å². The zero-order valence-electron chi connectivity index (χ0n) is 19.0. The van der Waals surface area contributed by atoms with Crippen molar-refractivity contribution in [3.63, 3.8) is 0 Å². The number of carbonyl (C=O) groups excluding carboxylic acids is 2. The van der Waals surface area contributed by atoms with Crippen LogP contribution in [-0.2, 0) is 9.59 Å². The van der Waals surface area contributed by atoms with E-state index in [-0.39, 0.29) is 11.8 Å². The summed E-state index contributed by atoms with van der Waals surface area (Å²) < 4.78 is 0. The number of nitrogens with one attached hydrogen (secondary N) is 2. The van der Waals surface area contributed by atoms with Gasteiger partial charge < -0.3 is 10.6 Å². The average Bonchev–Trinajstić information content (AvgIpc) is 2.70. The van der Waals surface area contributed by atoms with Crippen molar-refractivity contribution in [2.24, 2.45) is 11.8 Å². The van der Waals surface area contributed by atoms with E-state index in [4.69, 9.17) is 0 Å². The number of anilines is 1. The molecule has 2 aliphatic rings. The largest absolute Gasteiger partial charge is 0.352 e. The normalized spacial score (nSPS) is 25.7. The highest BCUT2D eigenvalue weighted by Gasteiger charge is 2.29. The monoisotopic (exact) mass is 414 g/mol. The van der Waals surface area contributed by atoms with Crippen molar-refractivity contribution in [3.8, 4) is 0 Å². The van der Waals surface area contributed by atoms with Crippen LogP contribution < -0.4 is 10.6 Å². The molecule has 3 rings (SSSR count). The molecule has 0 bridgehead atoms. The second-order valence-electron chi connectivity index (χ2n) is 9.31. The first-order valence-corrected chi connectivity index (χ1v) is 11.4. The molecule has 1 saturated carbocycles. The Bertz CT molecular complexity index is 722. The van der Waals surface area contributed by atoms with Gasteiger partial charge in [0, 0.05) is 37.9 Å². The average molecular weight is 415 g/mol. The van der Waals surface area contributed by atoms with E-state index < -0.39 is 0 Å². The van der Waals surface area contributed by atoms with E-state index in [2.05, 4.69) is 34.3 Å². The Morgan fingerprint density at radius 2 is 1.50 bits per heavy atom. The van der Waals surface area contributed by atoms with E-state index in [0.29, 0.717) is 31.0 Å². The maximum absolute atomic E-state index is 12.5.